The van der Waals surface area contributed by atoms with Crippen molar-refractivity contribution in [2.45, 2.75) is 0 Å². The highest BCUT2D eigenvalue weighted by atomic mass is 19.1. The van der Waals surface area contributed by atoms with Crippen LogP contribution >= 0.6 is 0 Å². The van der Waals surface area contributed by atoms with Crippen LogP contribution < -0.4 is 0 Å². The van der Waals surface area contributed by atoms with Crippen LogP contribution in [0.1, 0.15) is 5.56 Å². The second-order valence-electron chi connectivity index (χ2n) is 2.16. The van der Waals surface area contributed by atoms with E-state index in [1.807, 2.05) is 0 Å². The first-order chi connectivity index (χ1) is 6.06. The molecule has 1 aromatic carbocycles. The molecule has 0 aromatic heterocycles. The number of halogens is 2. The Hall–Kier alpha value is -2.03. The van der Waals surface area contributed by atoms with Crippen LogP contribution in [0.25, 0.3) is 0 Å². The first-order valence-corrected chi connectivity index (χ1v) is 3.10. The Labute approximate surface area is 71.2 Å². The molecule has 0 saturated heterocycles. The van der Waals surface area contributed by atoms with Gasteiger partial charge in [-0.15, -0.1) is 0 Å². The molecular weight excluding hydrogens is 182 g/mol. The van der Waals surface area contributed by atoms with Gasteiger partial charge in [0.1, 0.15) is 11.9 Å². The van der Waals surface area contributed by atoms with Crippen LogP contribution in [-0.4, -0.2) is 4.92 Å². The van der Waals surface area contributed by atoms with Crippen molar-refractivity contribution < 1.29 is 13.7 Å². The molecular formula is C7H2F2N2O2. The van der Waals surface area contributed by atoms with E-state index in [-0.39, 0.29) is 0 Å². The van der Waals surface area contributed by atoms with Gasteiger partial charge in [-0.2, -0.15) is 9.65 Å². The van der Waals surface area contributed by atoms with Crippen molar-refractivity contribution in [2.75, 3.05) is 0 Å². The number of hydrogen-bond donors (Lipinski definition) is 0. The van der Waals surface area contributed by atoms with Gasteiger partial charge >= 0.3 is 5.69 Å². The lowest BCUT2D eigenvalue weighted by Gasteiger charge is -1.95. The molecule has 0 heterocycles. The van der Waals surface area contributed by atoms with Crippen LogP contribution in [0.15, 0.2) is 12.1 Å². The molecule has 1 aromatic rings. The maximum Gasteiger partial charge on any atom is 0.309 e. The molecule has 0 saturated carbocycles. The van der Waals surface area contributed by atoms with E-state index in [9.17, 15) is 18.9 Å². The zero-order valence-corrected chi connectivity index (χ0v) is 6.12. The Kier molecular flexibility index (Phi) is 2.19. The lowest BCUT2D eigenvalue weighted by Crippen LogP contribution is -1.96. The van der Waals surface area contributed by atoms with Gasteiger partial charge in [-0.1, -0.05) is 0 Å². The number of nitro benzene ring substituents is 1. The summed E-state index contributed by atoms with van der Waals surface area (Å²) in [5.74, 6) is -2.32. The molecule has 0 bridgehead atoms. The van der Waals surface area contributed by atoms with Crippen molar-refractivity contribution in [3.8, 4) is 6.07 Å². The standard InChI is InChI=1S/C7H2F2N2O2/c8-5-1-4(3-10)7(9)6(2-5)11(12)13/h1-2H. The molecule has 0 aliphatic heterocycles. The summed E-state index contributed by atoms with van der Waals surface area (Å²) in [7, 11) is 0. The van der Waals surface area contributed by atoms with Gasteiger partial charge in [0.2, 0.25) is 5.82 Å². The molecule has 0 aliphatic carbocycles. The molecule has 0 fully saturated rings. The lowest BCUT2D eigenvalue weighted by molar-refractivity contribution is -0.387. The van der Waals surface area contributed by atoms with Gasteiger partial charge in [-0.3, -0.25) is 10.1 Å². The van der Waals surface area contributed by atoms with E-state index >= 15 is 0 Å². The topological polar surface area (TPSA) is 66.9 Å². The Morgan fingerprint density at radius 2 is 2.08 bits per heavy atom. The smallest absolute Gasteiger partial charge is 0.258 e. The molecule has 0 radical (unpaired) electrons. The third kappa shape index (κ3) is 1.59. The summed E-state index contributed by atoms with van der Waals surface area (Å²) >= 11 is 0. The minimum Gasteiger partial charge on any atom is -0.258 e. The number of nitrogens with zero attached hydrogens (tertiary/aromatic N) is 2. The Morgan fingerprint density at radius 3 is 2.54 bits per heavy atom. The van der Waals surface area contributed by atoms with Crippen molar-refractivity contribution in [1.82, 2.24) is 0 Å². The number of hydrogen-bond acceptors (Lipinski definition) is 3. The molecule has 0 N–H and O–H groups in total. The van der Waals surface area contributed by atoms with Crippen LogP contribution in [0.3, 0.4) is 0 Å². The van der Waals surface area contributed by atoms with E-state index in [0.717, 1.165) is 0 Å². The van der Waals surface area contributed by atoms with E-state index in [0.29, 0.717) is 12.1 Å². The molecule has 0 amide bonds. The highest BCUT2D eigenvalue weighted by molar-refractivity contribution is 5.43. The van der Waals surface area contributed by atoms with Crippen LogP contribution in [0.4, 0.5) is 14.5 Å². The summed E-state index contributed by atoms with van der Waals surface area (Å²) in [5, 5.41) is 18.4. The SMILES string of the molecule is N#Cc1cc(F)cc([N+](=O)[O-])c1F. The molecule has 4 nitrogen and oxygen atoms in total. The molecule has 0 unspecified atom stereocenters. The normalized spacial score (nSPS) is 9.31. The van der Waals surface area contributed by atoms with Crippen molar-refractivity contribution >= 4 is 5.69 Å². The quantitative estimate of drug-likeness (QED) is 0.493. The van der Waals surface area contributed by atoms with Crippen LogP contribution in [0.2, 0.25) is 0 Å². The minimum atomic E-state index is -1.31. The van der Waals surface area contributed by atoms with E-state index in [2.05, 4.69) is 0 Å². The van der Waals surface area contributed by atoms with Crippen LogP contribution in [-0.2, 0) is 0 Å². The fourth-order valence-electron chi connectivity index (χ4n) is 0.789. The van der Waals surface area contributed by atoms with Gasteiger partial charge in [0.25, 0.3) is 0 Å². The second-order valence-corrected chi connectivity index (χ2v) is 2.16. The van der Waals surface area contributed by atoms with Gasteiger partial charge in [0.05, 0.1) is 16.6 Å². The van der Waals surface area contributed by atoms with E-state index in [1.54, 1.807) is 0 Å². The zero-order chi connectivity index (χ0) is 10.0. The van der Waals surface area contributed by atoms with Gasteiger partial charge in [0.15, 0.2) is 0 Å². The molecule has 66 valence electrons. The molecule has 0 atom stereocenters. The number of nitro groups is 1. The number of nitriles is 1. The number of benzene rings is 1. The number of rotatable bonds is 1. The summed E-state index contributed by atoms with van der Waals surface area (Å²) in [5.41, 5.74) is -1.71. The second kappa shape index (κ2) is 3.15. The predicted octanol–water partition coefficient (Wildman–Crippen LogP) is 1.74. The highest BCUT2D eigenvalue weighted by Gasteiger charge is 2.19. The van der Waals surface area contributed by atoms with Crippen molar-refractivity contribution in [1.29, 1.82) is 5.26 Å². The van der Waals surface area contributed by atoms with E-state index < -0.39 is 27.8 Å². The molecule has 6 heteroatoms. The lowest BCUT2D eigenvalue weighted by atomic mass is 10.2. The monoisotopic (exact) mass is 184 g/mol. The van der Waals surface area contributed by atoms with Crippen molar-refractivity contribution in [3.63, 3.8) is 0 Å². The van der Waals surface area contributed by atoms with Gasteiger partial charge in [-0.05, 0) is 6.07 Å². The summed E-state index contributed by atoms with van der Waals surface area (Å²) in [4.78, 5) is 9.05. The summed E-state index contributed by atoms with van der Waals surface area (Å²) in [6, 6.07) is 2.34. The fourth-order valence-corrected chi connectivity index (χ4v) is 0.789. The summed E-state index contributed by atoms with van der Waals surface area (Å²) < 4.78 is 25.4. The van der Waals surface area contributed by atoms with Crippen LogP contribution in [0, 0.1) is 33.1 Å². The summed E-state index contributed by atoms with van der Waals surface area (Å²) in [6.45, 7) is 0. The Morgan fingerprint density at radius 1 is 1.46 bits per heavy atom. The Bertz CT molecular complexity index is 412. The summed E-state index contributed by atoms with van der Waals surface area (Å²) in [6.07, 6.45) is 0. The third-order valence-electron chi connectivity index (χ3n) is 1.34. The maximum atomic E-state index is 12.9. The maximum absolute atomic E-state index is 12.9. The van der Waals surface area contributed by atoms with Gasteiger partial charge < -0.3 is 0 Å². The van der Waals surface area contributed by atoms with Crippen molar-refractivity contribution in [3.05, 3.63) is 39.4 Å². The Balaban J connectivity index is 3.47. The zero-order valence-electron chi connectivity index (χ0n) is 6.12. The van der Waals surface area contributed by atoms with Gasteiger partial charge in [0, 0.05) is 0 Å². The van der Waals surface area contributed by atoms with Crippen LogP contribution in [0.5, 0.6) is 0 Å². The highest BCUT2D eigenvalue weighted by Crippen LogP contribution is 2.21. The minimum absolute atomic E-state index is 0.427. The van der Waals surface area contributed by atoms with Gasteiger partial charge in [-0.25, -0.2) is 4.39 Å². The first-order valence-electron chi connectivity index (χ1n) is 3.10. The average Bonchev–Trinajstić information content (AvgIpc) is 2.08. The molecule has 1 rings (SSSR count). The molecule has 0 spiro atoms. The third-order valence-corrected chi connectivity index (χ3v) is 1.34. The fraction of sp³-hybridized carbons (Fsp3) is 0. The first kappa shape index (κ1) is 9.06. The molecule has 13 heavy (non-hydrogen) atoms. The van der Waals surface area contributed by atoms with Crippen molar-refractivity contribution in [2.24, 2.45) is 0 Å². The largest absolute Gasteiger partial charge is 0.309 e. The van der Waals surface area contributed by atoms with E-state index in [4.69, 9.17) is 5.26 Å². The average molecular weight is 184 g/mol. The predicted molar refractivity (Wildman–Crippen MR) is 37.7 cm³/mol. The molecule has 0 aliphatic rings. The van der Waals surface area contributed by atoms with E-state index in [1.165, 1.54) is 6.07 Å².